The SMILES string of the molecule is c1ccc2c(c1)oc1cc(N(c3ccc4c(c3)oc3cc5c(cc34)oc3cc4c(cc35)oc3cc(N(c5ccc6c(c5)oc5ccccc56)c5cccc6c5oc5ccccc56)ccc34)c3cccc4c3oc3ccccc34)ccc12. The van der Waals surface area contributed by atoms with Crippen LogP contribution in [0.3, 0.4) is 0 Å². The molecular weight excluding hydrogens is 1000 g/mol. The number of para-hydroxylation sites is 6. The fourth-order valence-electron chi connectivity index (χ4n) is 12.9. The summed E-state index contributed by atoms with van der Waals surface area (Å²) in [5.41, 5.74) is 16.5. The number of hydrogen-bond acceptors (Lipinski definition) is 9. The van der Waals surface area contributed by atoms with Gasteiger partial charge >= 0.3 is 0 Å². The Morgan fingerprint density at radius 1 is 0.173 bits per heavy atom. The molecule has 0 radical (unpaired) electrons. The van der Waals surface area contributed by atoms with Gasteiger partial charge in [-0.1, -0.05) is 97.1 Å². The zero-order valence-corrected chi connectivity index (χ0v) is 42.7. The molecule has 7 heterocycles. The van der Waals surface area contributed by atoms with E-state index in [0.717, 1.165) is 188 Å². The fraction of sp³-hybridized carbons (Fsp3) is 0. The lowest BCUT2D eigenvalue weighted by atomic mass is 10.1. The monoisotopic (exact) mass is 1040 g/mol. The number of anilines is 6. The Bertz CT molecular complexity index is 5540. The van der Waals surface area contributed by atoms with Crippen molar-refractivity contribution in [2.24, 2.45) is 0 Å². The van der Waals surface area contributed by atoms with E-state index in [0.29, 0.717) is 0 Å². The first-order valence-corrected chi connectivity index (χ1v) is 27.0. The molecule has 0 saturated carbocycles. The standard InChI is InChI=1S/C72H38N2O7/c1-5-19-59-43(11-1)47-27-23-39(31-63(47)75-59)73(57-17-9-15-51-45-13-3-7-21-61(45)80-71(51)57)41-25-29-49-53-35-69-55(37-67(53)77-65(49)33-41)56-38-68-54(36-70(56)79-69)50-30-26-42(34-66(50)78-68)74(40-24-28-48-44-12-2-6-20-60(44)76-64(48)32-40)58-18-10-16-52-46-14-4-8-22-62(46)81-72(52)58/h1-38H. The number of rotatable bonds is 6. The van der Waals surface area contributed by atoms with E-state index in [9.17, 15) is 0 Å². The quantitative estimate of drug-likeness (QED) is 0.161. The van der Waals surface area contributed by atoms with Crippen molar-refractivity contribution in [1.82, 2.24) is 0 Å². The summed E-state index contributed by atoms with van der Waals surface area (Å²) < 4.78 is 46.7. The first-order valence-electron chi connectivity index (χ1n) is 27.0. The average molecular weight is 1040 g/mol. The van der Waals surface area contributed by atoms with Crippen LogP contribution in [-0.2, 0) is 0 Å². The van der Waals surface area contributed by atoms with E-state index in [1.165, 1.54) is 0 Å². The summed E-state index contributed by atoms with van der Waals surface area (Å²) in [4.78, 5) is 4.45. The van der Waals surface area contributed by atoms with Crippen molar-refractivity contribution < 1.29 is 30.9 Å². The van der Waals surface area contributed by atoms with E-state index in [-0.39, 0.29) is 0 Å². The molecule has 0 saturated heterocycles. The van der Waals surface area contributed by atoms with Crippen LogP contribution in [0.15, 0.2) is 261 Å². The Morgan fingerprint density at radius 2 is 0.420 bits per heavy atom. The first-order chi connectivity index (χ1) is 40.1. The molecule has 0 N–H and O–H groups in total. The maximum Gasteiger partial charge on any atom is 0.159 e. The van der Waals surface area contributed by atoms with E-state index < -0.39 is 0 Å². The van der Waals surface area contributed by atoms with Crippen molar-refractivity contribution >= 4 is 188 Å². The Labute approximate surface area is 456 Å². The molecule has 9 heteroatoms. The lowest BCUT2D eigenvalue weighted by Gasteiger charge is -2.25. The summed E-state index contributed by atoms with van der Waals surface area (Å²) in [6, 6.07) is 79.3. The third kappa shape index (κ3) is 6.08. The van der Waals surface area contributed by atoms with Gasteiger partial charge in [0.1, 0.15) is 67.0 Å². The zero-order valence-electron chi connectivity index (χ0n) is 42.7. The van der Waals surface area contributed by atoms with Crippen molar-refractivity contribution in [3.63, 3.8) is 0 Å². The summed E-state index contributed by atoms with van der Waals surface area (Å²) in [5.74, 6) is 0. The number of furan rings is 7. The molecule has 0 aliphatic rings. The number of benzene rings is 12. The van der Waals surface area contributed by atoms with Gasteiger partial charge in [0.05, 0.1) is 34.1 Å². The second kappa shape index (κ2) is 15.7. The molecule has 81 heavy (non-hydrogen) atoms. The van der Waals surface area contributed by atoms with Crippen LogP contribution in [0.25, 0.3) is 154 Å². The maximum atomic E-state index is 6.86. The van der Waals surface area contributed by atoms with Crippen LogP contribution >= 0.6 is 0 Å². The Balaban J connectivity index is 0.740. The highest BCUT2D eigenvalue weighted by Gasteiger charge is 2.25. The second-order valence-electron chi connectivity index (χ2n) is 21.1. The van der Waals surface area contributed by atoms with Crippen molar-refractivity contribution in [2.75, 3.05) is 9.80 Å². The zero-order chi connectivity index (χ0) is 52.6. The number of fused-ring (bicyclic) bond motifs is 21. The highest BCUT2D eigenvalue weighted by Crippen LogP contribution is 2.49. The minimum Gasteiger partial charge on any atom is -0.456 e. The molecule has 0 bridgehead atoms. The molecule has 19 aromatic rings. The maximum absolute atomic E-state index is 6.86. The van der Waals surface area contributed by atoms with Crippen molar-refractivity contribution in [3.05, 3.63) is 231 Å². The summed E-state index contributed by atoms with van der Waals surface area (Å²) in [5, 5.41) is 14.2. The Hall–Kier alpha value is -11.2. The normalized spacial score (nSPS) is 12.4. The molecule has 19 rings (SSSR count). The summed E-state index contributed by atoms with van der Waals surface area (Å²) in [6.45, 7) is 0. The summed E-state index contributed by atoms with van der Waals surface area (Å²) >= 11 is 0. The summed E-state index contributed by atoms with van der Waals surface area (Å²) in [6.07, 6.45) is 0. The minimum absolute atomic E-state index is 0.740. The third-order valence-electron chi connectivity index (χ3n) is 16.6. The molecule has 0 atom stereocenters. The number of nitrogens with zero attached hydrogens (tertiary/aromatic N) is 2. The summed E-state index contributed by atoms with van der Waals surface area (Å²) in [7, 11) is 0. The van der Waals surface area contributed by atoms with E-state index in [2.05, 4.69) is 168 Å². The molecule has 12 aromatic carbocycles. The van der Waals surface area contributed by atoms with Gasteiger partial charge in [-0.25, -0.2) is 0 Å². The molecular formula is C72H38N2O7. The minimum atomic E-state index is 0.740. The lowest BCUT2D eigenvalue weighted by Crippen LogP contribution is -2.10. The molecule has 378 valence electrons. The average Bonchev–Trinajstić information content (AvgIpc) is 4.57. The van der Waals surface area contributed by atoms with E-state index in [1.807, 2.05) is 72.8 Å². The van der Waals surface area contributed by atoms with Gasteiger partial charge in [0.25, 0.3) is 0 Å². The smallest absolute Gasteiger partial charge is 0.159 e. The van der Waals surface area contributed by atoms with Gasteiger partial charge in [0.2, 0.25) is 0 Å². The van der Waals surface area contributed by atoms with Gasteiger partial charge < -0.3 is 40.7 Å². The number of hydrogen-bond donors (Lipinski definition) is 0. The lowest BCUT2D eigenvalue weighted by molar-refractivity contribution is 0.662. The van der Waals surface area contributed by atoms with Gasteiger partial charge in [-0.05, 0) is 109 Å². The van der Waals surface area contributed by atoms with E-state index >= 15 is 0 Å². The first kappa shape index (κ1) is 42.9. The molecule has 0 amide bonds. The van der Waals surface area contributed by atoms with Crippen LogP contribution in [0.5, 0.6) is 0 Å². The van der Waals surface area contributed by atoms with Crippen LogP contribution in [-0.4, -0.2) is 0 Å². The largest absolute Gasteiger partial charge is 0.456 e. The molecule has 0 aliphatic carbocycles. The van der Waals surface area contributed by atoms with Crippen molar-refractivity contribution in [3.8, 4) is 0 Å². The van der Waals surface area contributed by atoms with Gasteiger partial charge in [-0.15, -0.1) is 0 Å². The fourth-order valence-corrected chi connectivity index (χ4v) is 12.9. The molecule has 0 unspecified atom stereocenters. The van der Waals surface area contributed by atoms with Crippen LogP contribution in [0.4, 0.5) is 34.1 Å². The predicted octanol–water partition coefficient (Wildman–Crippen LogP) is 21.9. The Kier molecular flexibility index (Phi) is 8.34. The van der Waals surface area contributed by atoms with Gasteiger partial charge in [0.15, 0.2) is 11.2 Å². The van der Waals surface area contributed by atoms with Crippen LogP contribution in [0.2, 0.25) is 0 Å². The van der Waals surface area contributed by atoms with Crippen LogP contribution in [0.1, 0.15) is 0 Å². The van der Waals surface area contributed by atoms with Crippen molar-refractivity contribution in [2.45, 2.75) is 0 Å². The highest BCUT2D eigenvalue weighted by atomic mass is 16.4. The predicted molar refractivity (Wildman–Crippen MR) is 327 cm³/mol. The topological polar surface area (TPSA) is 98.5 Å². The van der Waals surface area contributed by atoms with Crippen LogP contribution < -0.4 is 9.80 Å². The molecule has 9 nitrogen and oxygen atoms in total. The second-order valence-corrected chi connectivity index (χ2v) is 21.1. The van der Waals surface area contributed by atoms with Crippen LogP contribution in [0, 0.1) is 0 Å². The van der Waals surface area contributed by atoms with E-state index in [1.54, 1.807) is 0 Å². The molecule has 0 aliphatic heterocycles. The van der Waals surface area contributed by atoms with Gasteiger partial charge in [-0.3, -0.25) is 0 Å². The molecule has 0 fully saturated rings. The van der Waals surface area contributed by atoms with Crippen molar-refractivity contribution in [1.29, 1.82) is 0 Å². The molecule has 7 aromatic heterocycles. The van der Waals surface area contributed by atoms with Gasteiger partial charge in [-0.2, -0.15) is 0 Å². The highest BCUT2D eigenvalue weighted by molar-refractivity contribution is 6.20. The Morgan fingerprint density at radius 3 is 0.778 bits per heavy atom. The molecule has 0 spiro atoms. The van der Waals surface area contributed by atoms with E-state index in [4.69, 9.17) is 30.9 Å². The third-order valence-corrected chi connectivity index (χ3v) is 16.6. The van der Waals surface area contributed by atoms with Gasteiger partial charge in [0, 0.05) is 99.7 Å².